The van der Waals surface area contributed by atoms with E-state index in [1.165, 1.54) is 0 Å². The maximum absolute atomic E-state index is 3.57. The summed E-state index contributed by atoms with van der Waals surface area (Å²) in [6.45, 7) is 2.16. The van der Waals surface area contributed by atoms with Crippen LogP contribution in [0, 0.1) is 0 Å². The van der Waals surface area contributed by atoms with Crippen LogP contribution >= 0.6 is 0 Å². The second kappa shape index (κ2) is 2.08. The molecule has 0 aromatic carbocycles. The molecule has 0 atom stereocenters. The molecule has 0 bridgehead atoms. The SMILES string of the molecule is CC[C]1([Mn])C=CC=C1. The second-order valence-electron chi connectivity index (χ2n) is 2.00. The topological polar surface area (TPSA) is 0 Å². The van der Waals surface area contributed by atoms with E-state index in [-0.39, 0.29) is 4.31 Å². The minimum absolute atomic E-state index is 0.188. The summed E-state index contributed by atoms with van der Waals surface area (Å²) in [5, 5.41) is 0. The van der Waals surface area contributed by atoms with Crippen LogP contribution in [0.5, 0.6) is 0 Å². The first kappa shape index (κ1) is 6.12. The molecule has 1 rings (SSSR count). The van der Waals surface area contributed by atoms with Gasteiger partial charge in [-0.05, 0) is 0 Å². The Morgan fingerprint density at radius 3 is 2.12 bits per heavy atom. The van der Waals surface area contributed by atoms with Gasteiger partial charge in [-0.25, -0.2) is 0 Å². The number of hydrogen-bond donors (Lipinski definition) is 0. The molecule has 0 nitrogen and oxygen atoms in total. The van der Waals surface area contributed by atoms with Crippen LogP contribution < -0.4 is 0 Å². The molecule has 1 aliphatic carbocycles. The van der Waals surface area contributed by atoms with Crippen molar-refractivity contribution >= 4 is 0 Å². The molecule has 44 valence electrons. The average molecular weight is 148 g/mol. The van der Waals surface area contributed by atoms with Crippen LogP contribution in [0.15, 0.2) is 24.3 Å². The van der Waals surface area contributed by atoms with E-state index in [4.69, 9.17) is 0 Å². The van der Waals surface area contributed by atoms with E-state index in [9.17, 15) is 0 Å². The van der Waals surface area contributed by atoms with Crippen LogP contribution in [-0.4, -0.2) is 0 Å². The Kier molecular flexibility index (Phi) is 1.59. The Bertz CT molecular complexity index is 121. The quantitative estimate of drug-likeness (QED) is 0.500. The number of rotatable bonds is 1. The van der Waals surface area contributed by atoms with Crippen molar-refractivity contribution in [2.75, 3.05) is 0 Å². The van der Waals surface area contributed by atoms with Gasteiger partial charge >= 0.3 is 58.0 Å². The molecule has 0 unspecified atom stereocenters. The molecule has 0 spiro atoms. The fraction of sp³-hybridized carbons (Fsp3) is 0.429. The van der Waals surface area contributed by atoms with Crippen molar-refractivity contribution in [2.24, 2.45) is 0 Å². The molecule has 0 N–H and O–H groups in total. The van der Waals surface area contributed by atoms with Crippen molar-refractivity contribution in [1.29, 1.82) is 0 Å². The van der Waals surface area contributed by atoms with Gasteiger partial charge in [-0.2, -0.15) is 0 Å². The van der Waals surface area contributed by atoms with Crippen LogP contribution in [-0.2, 0) is 16.0 Å². The third-order valence-electron chi connectivity index (χ3n) is 1.40. The van der Waals surface area contributed by atoms with Crippen molar-refractivity contribution < 1.29 is 16.0 Å². The van der Waals surface area contributed by atoms with Gasteiger partial charge < -0.3 is 0 Å². The van der Waals surface area contributed by atoms with E-state index in [1.807, 2.05) is 0 Å². The standard InChI is InChI=1S/C7H9.Mn/c1-2-7-5-3-4-6-7;/h3-6H,2H2,1H3;. The van der Waals surface area contributed by atoms with Gasteiger partial charge in [0.05, 0.1) is 0 Å². The summed E-state index contributed by atoms with van der Waals surface area (Å²) in [6.07, 6.45) is 9.58. The van der Waals surface area contributed by atoms with E-state index in [0.717, 1.165) is 6.42 Å². The zero-order chi connectivity index (χ0) is 6.04. The first-order chi connectivity index (χ1) is 3.77. The van der Waals surface area contributed by atoms with Gasteiger partial charge in [0.2, 0.25) is 0 Å². The normalized spacial score (nSPS) is 22.2. The van der Waals surface area contributed by atoms with Crippen molar-refractivity contribution in [3.05, 3.63) is 24.3 Å². The van der Waals surface area contributed by atoms with Crippen LogP contribution in [0.25, 0.3) is 0 Å². The fourth-order valence-electron chi connectivity index (χ4n) is 0.722. The molecule has 0 fully saturated rings. The predicted octanol–water partition coefficient (Wildman–Crippen LogP) is 2.23. The van der Waals surface area contributed by atoms with Gasteiger partial charge in [-0.1, -0.05) is 0 Å². The van der Waals surface area contributed by atoms with Gasteiger partial charge in [0.15, 0.2) is 0 Å². The van der Waals surface area contributed by atoms with Crippen molar-refractivity contribution in [2.45, 2.75) is 17.7 Å². The zero-order valence-electron chi connectivity index (χ0n) is 4.89. The van der Waals surface area contributed by atoms with Crippen molar-refractivity contribution in [3.8, 4) is 0 Å². The molecule has 1 heteroatoms. The monoisotopic (exact) mass is 148 g/mol. The minimum atomic E-state index is 0.188. The van der Waals surface area contributed by atoms with Crippen LogP contribution in [0.3, 0.4) is 0 Å². The van der Waals surface area contributed by atoms with Gasteiger partial charge in [-0.15, -0.1) is 0 Å². The molecular formula is C7H9Mn. The molecule has 0 aliphatic heterocycles. The van der Waals surface area contributed by atoms with Gasteiger partial charge in [-0.3, -0.25) is 0 Å². The van der Waals surface area contributed by atoms with E-state index in [0.29, 0.717) is 0 Å². The van der Waals surface area contributed by atoms with Gasteiger partial charge in [0.25, 0.3) is 0 Å². The molecule has 0 saturated heterocycles. The average Bonchev–Trinajstić information content (AvgIpc) is 2.17. The summed E-state index contributed by atoms with van der Waals surface area (Å²) in [5.41, 5.74) is 0. The molecule has 1 aliphatic rings. The Labute approximate surface area is 58.5 Å². The van der Waals surface area contributed by atoms with Gasteiger partial charge in [0.1, 0.15) is 0 Å². The third-order valence-corrected chi connectivity index (χ3v) is 2.21. The van der Waals surface area contributed by atoms with Crippen molar-refractivity contribution in [1.82, 2.24) is 0 Å². The Balaban J connectivity index is 2.69. The van der Waals surface area contributed by atoms with Gasteiger partial charge in [0, 0.05) is 0 Å². The molecule has 0 aromatic heterocycles. The summed E-state index contributed by atoms with van der Waals surface area (Å²) >= 11 is 3.57. The summed E-state index contributed by atoms with van der Waals surface area (Å²) in [5.74, 6) is 0. The Morgan fingerprint density at radius 2 is 1.88 bits per heavy atom. The molecule has 0 radical (unpaired) electrons. The van der Waals surface area contributed by atoms with Crippen molar-refractivity contribution in [3.63, 3.8) is 0 Å². The number of hydrogen-bond acceptors (Lipinski definition) is 0. The van der Waals surface area contributed by atoms with E-state index in [2.05, 4.69) is 47.2 Å². The number of allylic oxidation sites excluding steroid dienone is 4. The molecule has 8 heavy (non-hydrogen) atoms. The summed E-state index contributed by atoms with van der Waals surface area (Å²) in [7, 11) is 0. The Morgan fingerprint density at radius 1 is 1.38 bits per heavy atom. The second-order valence-corrected chi connectivity index (χ2v) is 3.10. The van der Waals surface area contributed by atoms with E-state index in [1.54, 1.807) is 0 Å². The fourth-order valence-corrected chi connectivity index (χ4v) is 0.949. The van der Waals surface area contributed by atoms with E-state index >= 15 is 0 Å². The summed E-state index contributed by atoms with van der Waals surface area (Å²) in [6, 6.07) is 0. The maximum atomic E-state index is 3.57. The Hall–Kier alpha value is -0.000519. The summed E-state index contributed by atoms with van der Waals surface area (Å²) in [4.78, 5) is 0. The van der Waals surface area contributed by atoms with E-state index < -0.39 is 0 Å². The molecule has 0 heterocycles. The van der Waals surface area contributed by atoms with Crippen LogP contribution in [0.2, 0.25) is 4.31 Å². The summed E-state index contributed by atoms with van der Waals surface area (Å²) < 4.78 is 0.188. The zero-order valence-corrected chi connectivity index (χ0v) is 6.07. The first-order valence-corrected chi connectivity index (χ1v) is 3.42. The molecule has 0 amide bonds. The molecular weight excluding hydrogens is 139 g/mol. The third kappa shape index (κ3) is 1.04. The predicted molar refractivity (Wildman–Crippen MR) is 31.3 cm³/mol. The van der Waals surface area contributed by atoms with Crippen LogP contribution in [0.4, 0.5) is 0 Å². The first-order valence-electron chi connectivity index (χ1n) is 2.83. The van der Waals surface area contributed by atoms with Crippen LogP contribution in [0.1, 0.15) is 13.3 Å². The molecule has 0 saturated carbocycles. The molecule has 0 aromatic rings.